The predicted octanol–water partition coefficient (Wildman–Crippen LogP) is -4.75. The largest absolute Gasteiger partial charge is 0.394 e. The fourth-order valence-corrected chi connectivity index (χ4v) is 2.27. The number of ether oxygens (including phenoxy) is 2. The molecule has 1 aliphatic rings. The first-order valence-corrected chi connectivity index (χ1v) is 7.31. The molecule has 9 atom stereocenters. The molecule has 0 aliphatic carbocycles. The lowest BCUT2D eigenvalue weighted by molar-refractivity contribution is -0.326. The zero-order chi connectivity index (χ0) is 17.7. The summed E-state index contributed by atoms with van der Waals surface area (Å²) in [5.41, 5.74) is 0. The quantitative estimate of drug-likeness (QED) is 0.195. The van der Waals surface area contributed by atoms with Gasteiger partial charge in [-0.25, -0.2) is 0 Å². The van der Waals surface area contributed by atoms with Gasteiger partial charge in [0.25, 0.3) is 0 Å². The maximum absolute atomic E-state index is 9.89. The number of aliphatic hydroxyl groups is 8. The van der Waals surface area contributed by atoms with Crippen LogP contribution < -0.4 is 0 Å². The van der Waals surface area contributed by atoms with Gasteiger partial charge in [-0.2, -0.15) is 0 Å². The average molecular weight is 358 g/mol. The van der Waals surface area contributed by atoms with E-state index >= 15 is 0 Å². The summed E-state index contributed by atoms with van der Waals surface area (Å²) in [4.78, 5) is 0. The fraction of sp³-hybridized carbons (Fsp3) is 0.917. The number of hydrogen-bond donors (Lipinski definition) is 8. The van der Waals surface area contributed by atoms with E-state index in [0.717, 1.165) is 5.37 Å². The van der Waals surface area contributed by atoms with Crippen molar-refractivity contribution in [2.75, 3.05) is 13.2 Å². The molecule has 1 fully saturated rings. The van der Waals surface area contributed by atoms with Crippen LogP contribution >= 0.6 is 12.2 Å². The van der Waals surface area contributed by atoms with Gasteiger partial charge in [0.05, 0.1) is 13.2 Å². The summed E-state index contributed by atoms with van der Waals surface area (Å²) in [7, 11) is 0. The van der Waals surface area contributed by atoms with Crippen LogP contribution in [0.15, 0.2) is 0 Å². The van der Waals surface area contributed by atoms with E-state index in [0.29, 0.717) is 0 Å². The molecular formula is C12H22O10S. The summed E-state index contributed by atoms with van der Waals surface area (Å²) in [6.45, 7) is -1.54. The van der Waals surface area contributed by atoms with Crippen LogP contribution in [0.1, 0.15) is 0 Å². The number of aliphatic hydroxyl groups excluding tert-OH is 8. The van der Waals surface area contributed by atoms with Gasteiger partial charge >= 0.3 is 0 Å². The van der Waals surface area contributed by atoms with Crippen LogP contribution in [0, 0.1) is 0 Å². The summed E-state index contributed by atoms with van der Waals surface area (Å²) in [5.74, 6) is 0. The average Bonchev–Trinajstić information content (AvgIpc) is 2.57. The van der Waals surface area contributed by atoms with Gasteiger partial charge in [0.1, 0.15) is 48.8 Å². The second kappa shape index (κ2) is 9.25. The molecule has 0 spiro atoms. The van der Waals surface area contributed by atoms with Crippen molar-refractivity contribution in [3.63, 3.8) is 0 Å². The molecule has 1 saturated heterocycles. The summed E-state index contributed by atoms with van der Waals surface area (Å²) in [6, 6.07) is 0. The van der Waals surface area contributed by atoms with Crippen LogP contribution in [0.2, 0.25) is 0 Å². The molecule has 1 aliphatic heterocycles. The SMILES string of the molecule is OC[C@@H](O)[C@@H](O[C@H]1O[C@H](CO)[C@@H](O)[C@H](O)[C@H]1O)[C@H](O)[C@@H](O)C=S. The van der Waals surface area contributed by atoms with Gasteiger partial charge in [0, 0.05) is 5.37 Å². The van der Waals surface area contributed by atoms with Crippen LogP contribution in [0.25, 0.3) is 0 Å². The first-order valence-electron chi connectivity index (χ1n) is 6.84. The lowest BCUT2D eigenvalue weighted by atomic mass is 9.98. The van der Waals surface area contributed by atoms with E-state index in [1.165, 1.54) is 0 Å². The third-order valence-electron chi connectivity index (χ3n) is 3.53. The topological polar surface area (TPSA) is 180 Å². The first kappa shape index (κ1) is 20.7. The van der Waals surface area contributed by atoms with Gasteiger partial charge in [-0.15, -0.1) is 0 Å². The van der Waals surface area contributed by atoms with Crippen molar-refractivity contribution in [2.24, 2.45) is 0 Å². The van der Waals surface area contributed by atoms with E-state index in [-0.39, 0.29) is 0 Å². The third kappa shape index (κ3) is 4.84. The molecule has 0 saturated carbocycles. The third-order valence-corrected chi connectivity index (χ3v) is 3.81. The Kier molecular flexibility index (Phi) is 8.33. The minimum Gasteiger partial charge on any atom is -0.394 e. The van der Waals surface area contributed by atoms with Crippen molar-refractivity contribution in [3.8, 4) is 0 Å². The number of rotatable bonds is 8. The highest BCUT2D eigenvalue weighted by molar-refractivity contribution is 7.79. The van der Waals surface area contributed by atoms with E-state index in [2.05, 4.69) is 12.2 Å². The normalized spacial score (nSPS) is 37.0. The zero-order valence-electron chi connectivity index (χ0n) is 12.0. The maximum Gasteiger partial charge on any atom is 0.187 e. The molecule has 8 N–H and O–H groups in total. The van der Waals surface area contributed by atoms with E-state index in [9.17, 15) is 30.6 Å². The highest BCUT2D eigenvalue weighted by atomic mass is 32.1. The van der Waals surface area contributed by atoms with Crippen molar-refractivity contribution >= 4 is 17.6 Å². The van der Waals surface area contributed by atoms with Gasteiger partial charge in [0.15, 0.2) is 6.29 Å². The highest BCUT2D eigenvalue weighted by Gasteiger charge is 2.46. The summed E-state index contributed by atoms with van der Waals surface area (Å²) in [6.07, 6.45) is -14.6. The second-order valence-electron chi connectivity index (χ2n) is 5.17. The van der Waals surface area contributed by atoms with E-state index in [1.54, 1.807) is 0 Å². The van der Waals surface area contributed by atoms with Gasteiger partial charge < -0.3 is 50.3 Å². The van der Waals surface area contributed by atoms with Crippen LogP contribution in [-0.2, 0) is 9.47 Å². The number of hydrogen-bond acceptors (Lipinski definition) is 11. The van der Waals surface area contributed by atoms with Gasteiger partial charge in [0.2, 0.25) is 0 Å². The van der Waals surface area contributed by atoms with Crippen molar-refractivity contribution in [3.05, 3.63) is 0 Å². The molecule has 0 radical (unpaired) electrons. The molecule has 0 bridgehead atoms. The minimum absolute atomic E-state index is 0.691. The van der Waals surface area contributed by atoms with E-state index in [4.69, 9.17) is 19.7 Å². The summed E-state index contributed by atoms with van der Waals surface area (Å²) < 4.78 is 10.2. The monoisotopic (exact) mass is 358 g/mol. The van der Waals surface area contributed by atoms with Gasteiger partial charge in [-0.3, -0.25) is 0 Å². The Morgan fingerprint density at radius 3 is 2.13 bits per heavy atom. The standard InChI is InChI=1S/C12H22O10S/c13-1-4(15)11(7(17)5(16)3-23)22-12-10(20)9(19)8(18)6(2-14)21-12/h3-20H,1-2H2/t4-,5+,6-,7-,8-,9+,10-,11-,12-/m1/s1. The van der Waals surface area contributed by atoms with Crippen molar-refractivity contribution in [1.82, 2.24) is 0 Å². The van der Waals surface area contributed by atoms with Crippen molar-refractivity contribution in [1.29, 1.82) is 0 Å². The molecule has 0 unspecified atom stereocenters. The molecule has 11 heteroatoms. The maximum atomic E-state index is 9.89. The molecule has 0 amide bonds. The first-order chi connectivity index (χ1) is 10.8. The molecule has 10 nitrogen and oxygen atoms in total. The van der Waals surface area contributed by atoms with Crippen LogP contribution in [0.5, 0.6) is 0 Å². The molecule has 1 heterocycles. The molecular weight excluding hydrogens is 336 g/mol. The molecule has 0 aromatic rings. The van der Waals surface area contributed by atoms with Crippen molar-refractivity contribution in [2.45, 2.75) is 55.1 Å². The molecule has 0 aromatic heterocycles. The molecule has 1 rings (SSSR count). The lowest BCUT2D eigenvalue weighted by Crippen LogP contribution is -2.61. The Morgan fingerprint density at radius 2 is 1.65 bits per heavy atom. The Hall–Kier alpha value is -0.310. The minimum atomic E-state index is -1.77. The fourth-order valence-electron chi connectivity index (χ4n) is 2.11. The zero-order valence-corrected chi connectivity index (χ0v) is 12.8. The lowest BCUT2D eigenvalue weighted by Gasteiger charge is -2.42. The predicted molar refractivity (Wildman–Crippen MR) is 77.4 cm³/mol. The molecule has 136 valence electrons. The highest BCUT2D eigenvalue weighted by Crippen LogP contribution is 2.24. The van der Waals surface area contributed by atoms with Gasteiger partial charge in [-0.05, 0) is 0 Å². The Bertz CT molecular complexity index is 370. The Balaban J connectivity index is 2.91. The Morgan fingerprint density at radius 1 is 1.04 bits per heavy atom. The van der Waals surface area contributed by atoms with E-state index in [1.807, 2.05) is 0 Å². The molecule has 23 heavy (non-hydrogen) atoms. The summed E-state index contributed by atoms with van der Waals surface area (Å²) in [5, 5.41) is 77.1. The summed E-state index contributed by atoms with van der Waals surface area (Å²) >= 11 is 4.47. The van der Waals surface area contributed by atoms with E-state index < -0.39 is 68.3 Å². The van der Waals surface area contributed by atoms with Crippen LogP contribution in [0.3, 0.4) is 0 Å². The second-order valence-corrected chi connectivity index (χ2v) is 5.44. The Labute approximate surface area is 137 Å². The van der Waals surface area contributed by atoms with Gasteiger partial charge in [-0.1, -0.05) is 12.2 Å². The van der Waals surface area contributed by atoms with Crippen molar-refractivity contribution < 1.29 is 50.3 Å². The van der Waals surface area contributed by atoms with Crippen LogP contribution in [0.4, 0.5) is 0 Å². The van der Waals surface area contributed by atoms with Crippen LogP contribution in [-0.4, -0.2) is 115 Å². The smallest absolute Gasteiger partial charge is 0.187 e. The molecule has 0 aromatic carbocycles. The number of thiocarbonyl (C=S) groups is 1.